The topological polar surface area (TPSA) is 32.8 Å². The molecule has 124 valence electrons. The molecule has 0 bridgehead atoms. The average Bonchev–Trinajstić information content (AvgIpc) is 3.21. The van der Waals surface area contributed by atoms with Gasteiger partial charge in [0.1, 0.15) is 6.10 Å². The minimum atomic E-state index is -0.145. The number of hydrogen-bond donors (Lipinski definition) is 0. The Labute approximate surface area is 142 Å². The second-order valence-corrected chi connectivity index (χ2v) is 7.39. The van der Waals surface area contributed by atoms with Crippen molar-refractivity contribution >= 4 is 17.7 Å². The fourth-order valence-corrected chi connectivity index (χ4v) is 4.51. The van der Waals surface area contributed by atoms with Crippen LogP contribution in [0.15, 0.2) is 24.3 Å². The standard InChI is InChI=1S/C18H23ClN2O2/c19-14-5-3-4-13(10-14)8-9-21-16-11-20(15-6-1-2-7-15)12-17(16)23-18(21)22/h3-5,10,15-17H,1-2,6-9,11-12H2/t16-,17+/m0/s1. The van der Waals surface area contributed by atoms with Gasteiger partial charge in [0.2, 0.25) is 0 Å². The average molecular weight is 335 g/mol. The van der Waals surface area contributed by atoms with Crippen LogP contribution in [-0.4, -0.2) is 53.7 Å². The van der Waals surface area contributed by atoms with E-state index >= 15 is 0 Å². The molecule has 3 fully saturated rings. The van der Waals surface area contributed by atoms with E-state index in [1.165, 1.54) is 31.2 Å². The zero-order chi connectivity index (χ0) is 15.8. The van der Waals surface area contributed by atoms with Crippen molar-refractivity contribution in [2.45, 2.75) is 50.3 Å². The lowest BCUT2D eigenvalue weighted by Gasteiger charge is -2.26. The first-order valence-corrected chi connectivity index (χ1v) is 9.04. The zero-order valence-electron chi connectivity index (χ0n) is 13.3. The molecule has 0 unspecified atom stereocenters. The van der Waals surface area contributed by atoms with E-state index in [-0.39, 0.29) is 18.2 Å². The molecule has 4 nitrogen and oxygen atoms in total. The van der Waals surface area contributed by atoms with Gasteiger partial charge in [0.15, 0.2) is 0 Å². The van der Waals surface area contributed by atoms with E-state index in [9.17, 15) is 4.79 Å². The summed E-state index contributed by atoms with van der Waals surface area (Å²) < 4.78 is 5.62. The van der Waals surface area contributed by atoms with E-state index in [2.05, 4.69) is 11.0 Å². The quantitative estimate of drug-likeness (QED) is 0.846. The second-order valence-electron chi connectivity index (χ2n) is 6.96. The lowest BCUT2D eigenvalue weighted by Crippen LogP contribution is -2.40. The lowest BCUT2D eigenvalue weighted by molar-refractivity contribution is 0.112. The Morgan fingerprint density at radius 1 is 1.22 bits per heavy atom. The predicted octanol–water partition coefficient (Wildman–Crippen LogP) is 3.33. The van der Waals surface area contributed by atoms with Crippen LogP contribution in [0.2, 0.25) is 5.02 Å². The Morgan fingerprint density at radius 2 is 2.04 bits per heavy atom. The number of benzene rings is 1. The maximum Gasteiger partial charge on any atom is 0.410 e. The Kier molecular flexibility index (Phi) is 4.20. The van der Waals surface area contributed by atoms with Gasteiger partial charge in [-0.05, 0) is 37.0 Å². The van der Waals surface area contributed by atoms with Crippen LogP contribution in [0.4, 0.5) is 4.79 Å². The second kappa shape index (κ2) is 6.33. The minimum Gasteiger partial charge on any atom is -0.442 e. The molecule has 0 N–H and O–H groups in total. The molecule has 2 atom stereocenters. The number of amides is 1. The summed E-state index contributed by atoms with van der Waals surface area (Å²) in [7, 11) is 0. The van der Waals surface area contributed by atoms with E-state index in [0.717, 1.165) is 24.5 Å². The van der Waals surface area contributed by atoms with Gasteiger partial charge < -0.3 is 4.74 Å². The molecule has 0 spiro atoms. The Morgan fingerprint density at radius 3 is 2.83 bits per heavy atom. The summed E-state index contributed by atoms with van der Waals surface area (Å²) in [6.45, 7) is 2.59. The molecule has 2 saturated heterocycles. The highest BCUT2D eigenvalue weighted by Gasteiger charge is 2.48. The van der Waals surface area contributed by atoms with Gasteiger partial charge in [0.05, 0.1) is 6.04 Å². The number of likely N-dealkylation sites (tertiary alicyclic amines) is 1. The van der Waals surface area contributed by atoms with Gasteiger partial charge in [-0.1, -0.05) is 36.6 Å². The zero-order valence-corrected chi connectivity index (χ0v) is 14.0. The Balaban J connectivity index is 1.39. The number of halogens is 1. The van der Waals surface area contributed by atoms with Gasteiger partial charge in [-0.3, -0.25) is 9.80 Å². The van der Waals surface area contributed by atoms with Crippen molar-refractivity contribution in [3.8, 4) is 0 Å². The number of rotatable bonds is 4. The third-order valence-corrected chi connectivity index (χ3v) is 5.76. The molecule has 4 rings (SSSR count). The number of nitrogens with zero attached hydrogens (tertiary/aromatic N) is 2. The van der Waals surface area contributed by atoms with Crippen LogP contribution in [0, 0.1) is 0 Å². The molecular weight excluding hydrogens is 312 g/mol. The molecular formula is C18H23ClN2O2. The van der Waals surface area contributed by atoms with Crippen LogP contribution in [0.25, 0.3) is 0 Å². The molecule has 2 aliphatic heterocycles. The molecule has 1 aliphatic carbocycles. The summed E-state index contributed by atoms with van der Waals surface area (Å²) in [4.78, 5) is 16.6. The smallest absolute Gasteiger partial charge is 0.410 e. The van der Waals surface area contributed by atoms with Crippen LogP contribution in [-0.2, 0) is 11.2 Å². The molecule has 5 heteroatoms. The number of hydrogen-bond acceptors (Lipinski definition) is 3. The lowest BCUT2D eigenvalue weighted by atomic mass is 10.1. The molecule has 23 heavy (non-hydrogen) atoms. The third kappa shape index (κ3) is 3.07. The van der Waals surface area contributed by atoms with Crippen molar-refractivity contribution in [1.82, 2.24) is 9.80 Å². The van der Waals surface area contributed by atoms with Crippen molar-refractivity contribution in [3.05, 3.63) is 34.9 Å². The summed E-state index contributed by atoms with van der Waals surface area (Å²) in [5.41, 5.74) is 1.17. The van der Waals surface area contributed by atoms with Gasteiger partial charge in [-0.15, -0.1) is 0 Å². The first-order chi connectivity index (χ1) is 11.2. The molecule has 1 saturated carbocycles. The fourth-order valence-electron chi connectivity index (χ4n) is 4.30. The van der Waals surface area contributed by atoms with Crippen molar-refractivity contribution in [2.75, 3.05) is 19.6 Å². The predicted molar refractivity (Wildman–Crippen MR) is 89.7 cm³/mol. The van der Waals surface area contributed by atoms with Gasteiger partial charge in [0, 0.05) is 30.7 Å². The Bertz CT molecular complexity index is 588. The van der Waals surface area contributed by atoms with Crippen molar-refractivity contribution in [3.63, 3.8) is 0 Å². The van der Waals surface area contributed by atoms with E-state index in [4.69, 9.17) is 16.3 Å². The van der Waals surface area contributed by atoms with Crippen molar-refractivity contribution in [2.24, 2.45) is 0 Å². The molecule has 2 heterocycles. The maximum atomic E-state index is 12.2. The first-order valence-electron chi connectivity index (χ1n) is 8.66. The van der Waals surface area contributed by atoms with Crippen LogP contribution in [0.5, 0.6) is 0 Å². The first kappa shape index (κ1) is 15.3. The SMILES string of the molecule is O=C1O[C@@H]2CN(C3CCCC3)C[C@@H]2N1CCc1cccc(Cl)c1. The van der Waals surface area contributed by atoms with Gasteiger partial charge in [-0.25, -0.2) is 4.79 Å². The highest BCUT2D eigenvalue weighted by Crippen LogP contribution is 2.32. The normalized spacial score (nSPS) is 28.4. The fraction of sp³-hybridized carbons (Fsp3) is 0.611. The molecule has 1 amide bonds. The largest absolute Gasteiger partial charge is 0.442 e. The maximum absolute atomic E-state index is 12.2. The van der Waals surface area contributed by atoms with Crippen LogP contribution in [0.3, 0.4) is 0 Å². The highest BCUT2D eigenvalue weighted by molar-refractivity contribution is 6.30. The number of carbonyl (C=O) groups is 1. The number of carbonyl (C=O) groups excluding carboxylic acids is 1. The summed E-state index contributed by atoms with van der Waals surface area (Å²) in [5.74, 6) is 0. The summed E-state index contributed by atoms with van der Waals surface area (Å²) >= 11 is 6.04. The van der Waals surface area contributed by atoms with Gasteiger partial charge in [0.25, 0.3) is 0 Å². The third-order valence-electron chi connectivity index (χ3n) is 5.52. The summed E-state index contributed by atoms with van der Waals surface area (Å²) in [6.07, 6.45) is 6.02. The molecule has 0 aromatic heterocycles. The molecule has 1 aromatic rings. The summed E-state index contributed by atoms with van der Waals surface area (Å²) in [6, 6.07) is 8.79. The molecule has 3 aliphatic rings. The molecule has 1 aromatic carbocycles. The van der Waals surface area contributed by atoms with E-state index in [1.807, 2.05) is 23.1 Å². The molecule has 0 radical (unpaired) electrons. The van der Waals surface area contributed by atoms with E-state index < -0.39 is 0 Å². The van der Waals surface area contributed by atoms with Gasteiger partial charge in [-0.2, -0.15) is 0 Å². The number of ether oxygens (including phenoxy) is 1. The Hall–Kier alpha value is -1.26. The van der Waals surface area contributed by atoms with Crippen LogP contribution in [0.1, 0.15) is 31.2 Å². The minimum absolute atomic E-state index is 0.0578. The van der Waals surface area contributed by atoms with Gasteiger partial charge >= 0.3 is 6.09 Å². The highest BCUT2D eigenvalue weighted by atomic mass is 35.5. The van der Waals surface area contributed by atoms with Crippen molar-refractivity contribution in [1.29, 1.82) is 0 Å². The van der Waals surface area contributed by atoms with E-state index in [1.54, 1.807) is 0 Å². The monoisotopic (exact) mass is 334 g/mol. The van der Waals surface area contributed by atoms with E-state index in [0.29, 0.717) is 12.6 Å². The number of fused-ring (bicyclic) bond motifs is 1. The van der Waals surface area contributed by atoms with Crippen LogP contribution < -0.4 is 0 Å². The summed E-state index contributed by atoms with van der Waals surface area (Å²) in [5, 5.41) is 0.748. The van der Waals surface area contributed by atoms with Crippen molar-refractivity contribution < 1.29 is 9.53 Å². The van der Waals surface area contributed by atoms with Crippen LogP contribution >= 0.6 is 11.6 Å².